The van der Waals surface area contributed by atoms with Gasteiger partial charge in [0.15, 0.2) is 0 Å². The van der Waals surface area contributed by atoms with Crippen molar-refractivity contribution in [2.75, 3.05) is 26.2 Å². The lowest BCUT2D eigenvalue weighted by molar-refractivity contribution is -0.136. The first-order valence-corrected chi connectivity index (χ1v) is 10.6. The Kier molecular flexibility index (Phi) is 6.61. The molecule has 2 heterocycles. The third-order valence-corrected chi connectivity index (χ3v) is 7.54. The summed E-state index contributed by atoms with van der Waals surface area (Å²) >= 11 is 1.23. The standard InChI is InChI=1S/C16H26N2O3S2/c1-3-5-10-17(4-2)16(19)14-8-6-11-18(13-14)23(20,21)15-9-7-12-22-15/h7,9,12,14H,3-6,8,10-11,13H2,1-2H3. The van der Waals surface area contributed by atoms with E-state index in [1.165, 1.54) is 15.6 Å². The van der Waals surface area contributed by atoms with Gasteiger partial charge in [-0.25, -0.2) is 8.42 Å². The molecule has 0 spiro atoms. The van der Waals surface area contributed by atoms with Gasteiger partial charge in [0.1, 0.15) is 4.21 Å². The van der Waals surface area contributed by atoms with Gasteiger partial charge in [0.25, 0.3) is 10.0 Å². The van der Waals surface area contributed by atoms with E-state index in [-0.39, 0.29) is 11.8 Å². The van der Waals surface area contributed by atoms with Crippen molar-refractivity contribution < 1.29 is 13.2 Å². The Labute approximate surface area is 143 Å². The van der Waals surface area contributed by atoms with Crippen LogP contribution in [0.1, 0.15) is 39.5 Å². The Hall–Kier alpha value is -0.920. The van der Waals surface area contributed by atoms with Crippen molar-refractivity contribution in [3.63, 3.8) is 0 Å². The van der Waals surface area contributed by atoms with Gasteiger partial charge in [0.05, 0.1) is 5.92 Å². The zero-order valence-electron chi connectivity index (χ0n) is 13.9. The first-order chi connectivity index (χ1) is 11.0. The van der Waals surface area contributed by atoms with E-state index >= 15 is 0 Å². The molecule has 1 unspecified atom stereocenters. The van der Waals surface area contributed by atoms with Crippen LogP contribution in [0, 0.1) is 5.92 Å². The van der Waals surface area contributed by atoms with E-state index in [0.29, 0.717) is 23.8 Å². The van der Waals surface area contributed by atoms with Crippen LogP contribution in [-0.4, -0.2) is 49.7 Å². The molecule has 0 aromatic carbocycles. The summed E-state index contributed by atoms with van der Waals surface area (Å²) in [5, 5.41) is 1.77. The van der Waals surface area contributed by atoms with Crippen LogP contribution in [0.5, 0.6) is 0 Å². The van der Waals surface area contributed by atoms with Crippen LogP contribution in [0.15, 0.2) is 21.7 Å². The first kappa shape index (κ1) is 18.4. The van der Waals surface area contributed by atoms with Gasteiger partial charge < -0.3 is 4.90 Å². The second-order valence-corrected chi connectivity index (χ2v) is 9.02. The SMILES string of the molecule is CCCCN(CC)C(=O)C1CCCN(S(=O)(=O)c2cccs2)C1. The van der Waals surface area contributed by atoms with E-state index in [1.54, 1.807) is 17.5 Å². The zero-order valence-corrected chi connectivity index (χ0v) is 15.5. The molecule has 1 aromatic heterocycles. The summed E-state index contributed by atoms with van der Waals surface area (Å²) < 4.78 is 27.1. The Bertz CT molecular complexity index is 599. The smallest absolute Gasteiger partial charge is 0.252 e. The maximum absolute atomic E-state index is 12.7. The summed E-state index contributed by atoms with van der Waals surface area (Å²) in [6.07, 6.45) is 3.56. The van der Waals surface area contributed by atoms with Crippen molar-refractivity contribution in [1.82, 2.24) is 9.21 Å². The van der Waals surface area contributed by atoms with Crippen molar-refractivity contribution in [2.24, 2.45) is 5.92 Å². The maximum atomic E-state index is 12.7. The number of piperidine rings is 1. The first-order valence-electron chi connectivity index (χ1n) is 8.33. The van der Waals surface area contributed by atoms with Crippen LogP contribution in [0.3, 0.4) is 0 Å². The van der Waals surface area contributed by atoms with Crippen LogP contribution >= 0.6 is 11.3 Å². The fourth-order valence-corrected chi connectivity index (χ4v) is 5.60. The van der Waals surface area contributed by atoms with Gasteiger partial charge in [-0.3, -0.25) is 4.79 Å². The van der Waals surface area contributed by atoms with Gasteiger partial charge in [0.2, 0.25) is 5.91 Å². The van der Waals surface area contributed by atoms with Gasteiger partial charge in [-0.2, -0.15) is 4.31 Å². The molecule has 0 aliphatic carbocycles. The average molecular weight is 359 g/mol. The zero-order chi connectivity index (χ0) is 16.9. The van der Waals surface area contributed by atoms with Gasteiger partial charge in [-0.05, 0) is 37.6 Å². The predicted octanol–water partition coefficient (Wildman–Crippen LogP) is 2.80. The molecular formula is C16H26N2O3S2. The van der Waals surface area contributed by atoms with Crippen LogP contribution in [0.2, 0.25) is 0 Å². The lowest BCUT2D eigenvalue weighted by atomic mass is 9.98. The number of amides is 1. The van der Waals surface area contributed by atoms with E-state index in [2.05, 4.69) is 6.92 Å². The molecule has 0 bridgehead atoms. The minimum atomic E-state index is -3.45. The lowest BCUT2D eigenvalue weighted by Crippen LogP contribution is -2.46. The number of carbonyl (C=O) groups excluding carboxylic acids is 1. The topological polar surface area (TPSA) is 57.7 Å². The summed E-state index contributed by atoms with van der Waals surface area (Å²) in [7, 11) is -3.45. The molecule has 7 heteroatoms. The van der Waals surface area contributed by atoms with Crippen LogP contribution in [0.4, 0.5) is 0 Å². The minimum absolute atomic E-state index is 0.104. The number of rotatable bonds is 7. The molecular weight excluding hydrogens is 332 g/mol. The van der Waals surface area contributed by atoms with Crippen molar-refractivity contribution in [3.8, 4) is 0 Å². The van der Waals surface area contributed by atoms with Crippen LogP contribution < -0.4 is 0 Å². The summed E-state index contributed by atoms with van der Waals surface area (Å²) in [6, 6.07) is 3.37. The van der Waals surface area contributed by atoms with Crippen molar-refractivity contribution in [2.45, 2.75) is 43.7 Å². The number of hydrogen-bond donors (Lipinski definition) is 0. The fraction of sp³-hybridized carbons (Fsp3) is 0.688. The Morgan fingerprint density at radius 3 is 2.83 bits per heavy atom. The third kappa shape index (κ3) is 4.33. The molecule has 1 aromatic rings. The van der Waals surface area contributed by atoms with Gasteiger partial charge in [-0.15, -0.1) is 11.3 Å². The maximum Gasteiger partial charge on any atom is 0.252 e. The normalized spacial score (nSPS) is 19.7. The number of unbranched alkanes of at least 4 members (excludes halogenated alkanes) is 1. The molecule has 1 aliphatic heterocycles. The van der Waals surface area contributed by atoms with Crippen LogP contribution in [0.25, 0.3) is 0 Å². The van der Waals surface area contributed by atoms with E-state index in [4.69, 9.17) is 0 Å². The summed E-state index contributed by atoms with van der Waals surface area (Å²) in [6.45, 7) is 6.35. The van der Waals surface area contributed by atoms with E-state index in [9.17, 15) is 13.2 Å². The van der Waals surface area contributed by atoms with Gasteiger partial charge in [-0.1, -0.05) is 19.4 Å². The highest BCUT2D eigenvalue weighted by molar-refractivity contribution is 7.91. The number of sulfonamides is 1. The fourth-order valence-electron chi connectivity index (χ4n) is 2.93. The predicted molar refractivity (Wildman–Crippen MR) is 93.0 cm³/mol. The second kappa shape index (κ2) is 8.26. The summed E-state index contributed by atoms with van der Waals surface area (Å²) in [5.41, 5.74) is 0. The third-order valence-electron chi connectivity index (χ3n) is 4.30. The van der Waals surface area contributed by atoms with Gasteiger partial charge in [0, 0.05) is 26.2 Å². The molecule has 0 N–H and O–H groups in total. The Balaban J connectivity index is 2.07. The highest BCUT2D eigenvalue weighted by atomic mass is 32.2. The molecule has 2 rings (SSSR count). The molecule has 0 saturated carbocycles. The van der Waals surface area contributed by atoms with E-state index in [1.807, 2.05) is 11.8 Å². The molecule has 1 aliphatic rings. The van der Waals surface area contributed by atoms with E-state index < -0.39 is 10.0 Å². The molecule has 1 saturated heterocycles. The molecule has 0 radical (unpaired) electrons. The summed E-state index contributed by atoms with van der Waals surface area (Å²) in [5.74, 6) is -0.109. The summed E-state index contributed by atoms with van der Waals surface area (Å²) in [4.78, 5) is 14.6. The average Bonchev–Trinajstić information content (AvgIpc) is 3.11. The number of hydrogen-bond acceptors (Lipinski definition) is 4. The minimum Gasteiger partial charge on any atom is -0.343 e. The van der Waals surface area contributed by atoms with Crippen LogP contribution in [-0.2, 0) is 14.8 Å². The van der Waals surface area contributed by atoms with Crippen molar-refractivity contribution in [3.05, 3.63) is 17.5 Å². The largest absolute Gasteiger partial charge is 0.343 e. The quantitative estimate of drug-likeness (QED) is 0.753. The highest BCUT2D eigenvalue weighted by Gasteiger charge is 2.35. The molecule has 1 amide bonds. The van der Waals surface area contributed by atoms with Crippen molar-refractivity contribution >= 4 is 27.3 Å². The van der Waals surface area contributed by atoms with Gasteiger partial charge >= 0.3 is 0 Å². The van der Waals surface area contributed by atoms with E-state index in [0.717, 1.165) is 32.2 Å². The lowest BCUT2D eigenvalue weighted by Gasteiger charge is -2.33. The molecule has 1 atom stereocenters. The second-order valence-electron chi connectivity index (χ2n) is 5.91. The number of nitrogens with zero attached hydrogens (tertiary/aromatic N) is 2. The Morgan fingerprint density at radius 1 is 1.43 bits per heavy atom. The van der Waals surface area contributed by atoms with Crippen molar-refractivity contribution in [1.29, 1.82) is 0 Å². The molecule has 1 fully saturated rings. The highest BCUT2D eigenvalue weighted by Crippen LogP contribution is 2.27. The number of thiophene rings is 1. The monoisotopic (exact) mass is 358 g/mol. The Morgan fingerprint density at radius 2 is 2.22 bits per heavy atom. The molecule has 5 nitrogen and oxygen atoms in total. The number of carbonyl (C=O) groups is 1. The molecule has 23 heavy (non-hydrogen) atoms. The molecule has 130 valence electrons.